The average Bonchev–Trinajstić information content (AvgIpc) is 3.00. The first-order valence-electron chi connectivity index (χ1n) is 10.0. The Labute approximate surface area is 169 Å². The van der Waals surface area contributed by atoms with Gasteiger partial charge in [0.1, 0.15) is 6.61 Å². The van der Waals surface area contributed by atoms with E-state index in [-0.39, 0.29) is 35.8 Å². The Hall–Kier alpha value is -1.14. The molecule has 4 nitrogen and oxygen atoms in total. The summed E-state index contributed by atoms with van der Waals surface area (Å²) in [6, 6.07) is 4.17. The molecule has 1 N–H and O–H groups in total. The third kappa shape index (κ3) is 3.00. The summed E-state index contributed by atoms with van der Waals surface area (Å²) in [5.41, 5.74) is 1.48. The van der Waals surface area contributed by atoms with Crippen LogP contribution in [0.15, 0.2) is 16.6 Å². The second-order valence-corrected chi connectivity index (χ2v) is 9.25. The monoisotopic (exact) mass is 438 g/mol. The molecule has 3 aliphatic rings. The molecular formula is C21H28BrFN2O2. The van der Waals surface area contributed by atoms with Gasteiger partial charge in [0.25, 0.3) is 0 Å². The number of methoxy groups -OCH3 is 1. The maximum Gasteiger partial charge on any atom is 0.248 e. The minimum Gasteiger partial charge on any atom is -0.379 e. The molecule has 27 heavy (non-hydrogen) atoms. The van der Waals surface area contributed by atoms with E-state index in [0.29, 0.717) is 22.6 Å². The van der Waals surface area contributed by atoms with E-state index in [9.17, 15) is 9.18 Å². The quantitative estimate of drug-likeness (QED) is 0.756. The van der Waals surface area contributed by atoms with Crippen molar-refractivity contribution in [3.63, 3.8) is 0 Å². The first-order valence-corrected chi connectivity index (χ1v) is 10.8. The molecular weight excluding hydrogens is 411 g/mol. The number of rotatable bonds is 3. The Balaban J connectivity index is 1.81. The van der Waals surface area contributed by atoms with E-state index < -0.39 is 0 Å². The molecule has 0 aromatic heterocycles. The number of benzene rings is 1. The highest BCUT2D eigenvalue weighted by molar-refractivity contribution is 9.10. The van der Waals surface area contributed by atoms with Crippen LogP contribution in [0.3, 0.4) is 0 Å². The average molecular weight is 439 g/mol. The number of carbonyl (C=O) groups is 1. The summed E-state index contributed by atoms with van der Waals surface area (Å²) in [5.74, 6) is 0.292. The van der Waals surface area contributed by atoms with E-state index in [1.54, 1.807) is 7.11 Å². The summed E-state index contributed by atoms with van der Waals surface area (Å²) in [6.07, 6.45) is 6.84. The van der Waals surface area contributed by atoms with E-state index in [4.69, 9.17) is 4.74 Å². The molecule has 1 saturated carbocycles. The lowest BCUT2D eigenvalue weighted by Crippen LogP contribution is -2.62. The van der Waals surface area contributed by atoms with Gasteiger partial charge in [-0.1, -0.05) is 25.3 Å². The Kier molecular flexibility index (Phi) is 5.23. The van der Waals surface area contributed by atoms with Crippen molar-refractivity contribution >= 4 is 27.5 Å². The minimum absolute atomic E-state index is 0.0321. The number of piperidine rings is 1. The summed E-state index contributed by atoms with van der Waals surface area (Å²) in [7, 11) is 1.56. The van der Waals surface area contributed by atoms with Gasteiger partial charge in [-0.3, -0.25) is 4.79 Å². The Morgan fingerprint density at radius 3 is 2.81 bits per heavy atom. The van der Waals surface area contributed by atoms with Crippen LogP contribution in [0.5, 0.6) is 0 Å². The molecule has 1 aromatic rings. The van der Waals surface area contributed by atoms with Gasteiger partial charge in [-0.05, 0) is 59.7 Å². The second kappa shape index (κ2) is 7.36. The summed E-state index contributed by atoms with van der Waals surface area (Å²) in [4.78, 5) is 14.7. The van der Waals surface area contributed by atoms with E-state index in [1.165, 1.54) is 19.3 Å². The maximum atomic E-state index is 14.9. The molecule has 1 amide bonds. The van der Waals surface area contributed by atoms with Crippen LogP contribution in [-0.4, -0.2) is 43.2 Å². The van der Waals surface area contributed by atoms with Crippen molar-refractivity contribution < 1.29 is 13.9 Å². The fourth-order valence-corrected chi connectivity index (χ4v) is 6.06. The lowest BCUT2D eigenvalue weighted by Gasteiger charge is -2.52. The molecule has 2 aliphatic heterocycles. The molecule has 3 atom stereocenters. The number of halogens is 2. The molecule has 2 fully saturated rings. The number of likely N-dealkylation sites (tertiary alicyclic amines) is 1. The highest BCUT2D eigenvalue weighted by Gasteiger charge is 2.57. The van der Waals surface area contributed by atoms with Gasteiger partial charge in [-0.2, -0.15) is 0 Å². The van der Waals surface area contributed by atoms with Crippen molar-refractivity contribution in [3.05, 3.63) is 28.0 Å². The highest BCUT2D eigenvalue weighted by Crippen LogP contribution is 2.55. The van der Waals surface area contributed by atoms with Crippen molar-refractivity contribution in [1.82, 2.24) is 4.90 Å². The van der Waals surface area contributed by atoms with Gasteiger partial charge >= 0.3 is 0 Å². The first-order chi connectivity index (χ1) is 13.0. The number of anilines is 1. The Bertz CT molecular complexity index is 737. The minimum atomic E-state index is -0.215. The van der Waals surface area contributed by atoms with Crippen LogP contribution in [0, 0.1) is 11.7 Å². The maximum absolute atomic E-state index is 14.9. The smallest absolute Gasteiger partial charge is 0.248 e. The first kappa shape index (κ1) is 19.2. The van der Waals surface area contributed by atoms with Crippen molar-refractivity contribution in [2.24, 2.45) is 5.92 Å². The SMILES string of the molecule is COCC(=O)N1CC2(C3CCCCC3)c3ccc(Br)c(F)c3NC2C[C@H]1C. The molecule has 148 valence electrons. The van der Waals surface area contributed by atoms with Crippen LogP contribution >= 0.6 is 15.9 Å². The van der Waals surface area contributed by atoms with Crippen LogP contribution in [0.25, 0.3) is 0 Å². The van der Waals surface area contributed by atoms with E-state index in [0.717, 1.165) is 24.8 Å². The van der Waals surface area contributed by atoms with Gasteiger partial charge in [0, 0.05) is 31.2 Å². The zero-order valence-electron chi connectivity index (χ0n) is 16.1. The topological polar surface area (TPSA) is 41.6 Å². The van der Waals surface area contributed by atoms with Gasteiger partial charge in [-0.25, -0.2) is 4.39 Å². The zero-order valence-corrected chi connectivity index (χ0v) is 17.6. The molecule has 1 aliphatic carbocycles. The third-order valence-corrected chi connectivity index (χ3v) is 7.61. The van der Waals surface area contributed by atoms with Crippen LogP contribution < -0.4 is 5.32 Å². The lowest BCUT2D eigenvalue weighted by molar-refractivity contribution is -0.141. The van der Waals surface area contributed by atoms with Crippen molar-refractivity contribution in [2.75, 3.05) is 25.6 Å². The summed E-state index contributed by atoms with van der Waals surface area (Å²) in [5, 5.41) is 3.53. The van der Waals surface area contributed by atoms with Crippen molar-refractivity contribution in [2.45, 2.75) is 62.9 Å². The third-order valence-electron chi connectivity index (χ3n) is 7.00. The summed E-state index contributed by atoms with van der Waals surface area (Å²) < 4.78 is 20.6. The Morgan fingerprint density at radius 2 is 2.11 bits per heavy atom. The number of nitrogens with one attached hydrogen (secondary N) is 1. The van der Waals surface area contributed by atoms with Crippen LogP contribution in [0.4, 0.5) is 10.1 Å². The fraction of sp³-hybridized carbons (Fsp3) is 0.667. The molecule has 2 unspecified atom stereocenters. The van der Waals surface area contributed by atoms with E-state index in [2.05, 4.69) is 34.2 Å². The standard InChI is InChI=1S/C21H28BrFN2O2/c1-13-10-17-21(14-6-4-3-5-7-14,12-25(13)18(26)11-27-2)15-8-9-16(22)19(23)20(15)24-17/h8-9,13-14,17,24H,3-7,10-12H2,1-2H3/t13-,17?,21?/m1/s1. The molecule has 6 heteroatoms. The Morgan fingerprint density at radius 1 is 1.37 bits per heavy atom. The van der Waals surface area contributed by atoms with Gasteiger partial charge in [0.2, 0.25) is 5.91 Å². The molecule has 0 radical (unpaired) electrons. The molecule has 0 bridgehead atoms. The van der Waals surface area contributed by atoms with Gasteiger partial charge < -0.3 is 15.0 Å². The predicted octanol–water partition coefficient (Wildman–Crippen LogP) is 4.47. The van der Waals surface area contributed by atoms with Crippen LogP contribution in [0.1, 0.15) is 51.0 Å². The molecule has 1 aromatic carbocycles. The van der Waals surface area contributed by atoms with Gasteiger partial charge in [0.05, 0.1) is 10.2 Å². The normalized spacial score (nSPS) is 30.6. The molecule has 4 rings (SSSR count). The number of fused-ring (bicyclic) bond motifs is 3. The fourth-order valence-electron chi connectivity index (χ4n) is 5.73. The molecule has 2 heterocycles. The predicted molar refractivity (Wildman–Crippen MR) is 107 cm³/mol. The summed E-state index contributed by atoms with van der Waals surface area (Å²) in [6.45, 7) is 2.84. The molecule has 0 spiro atoms. The number of carbonyl (C=O) groups excluding carboxylic acids is 1. The lowest BCUT2D eigenvalue weighted by atomic mass is 9.60. The number of hydrogen-bond acceptors (Lipinski definition) is 3. The van der Waals surface area contributed by atoms with Crippen molar-refractivity contribution in [3.8, 4) is 0 Å². The zero-order chi connectivity index (χ0) is 19.2. The largest absolute Gasteiger partial charge is 0.379 e. The number of ether oxygens (including phenoxy) is 1. The number of hydrogen-bond donors (Lipinski definition) is 1. The summed E-state index contributed by atoms with van der Waals surface area (Å²) >= 11 is 3.33. The molecule has 1 saturated heterocycles. The second-order valence-electron chi connectivity index (χ2n) is 8.40. The van der Waals surface area contributed by atoms with Crippen LogP contribution in [-0.2, 0) is 14.9 Å². The van der Waals surface area contributed by atoms with E-state index >= 15 is 0 Å². The number of amides is 1. The van der Waals surface area contributed by atoms with Crippen molar-refractivity contribution in [1.29, 1.82) is 0 Å². The van der Waals surface area contributed by atoms with Gasteiger partial charge in [0.15, 0.2) is 5.82 Å². The number of nitrogens with zero attached hydrogens (tertiary/aromatic N) is 1. The van der Waals surface area contributed by atoms with Crippen LogP contribution in [0.2, 0.25) is 0 Å². The highest BCUT2D eigenvalue weighted by atomic mass is 79.9. The van der Waals surface area contributed by atoms with E-state index in [1.807, 2.05) is 11.0 Å². The van der Waals surface area contributed by atoms with Gasteiger partial charge in [-0.15, -0.1) is 0 Å².